The number of nitriles is 1. The van der Waals surface area contributed by atoms with E-state index in [2.05, 4.69) is 10.8 Å². The molecule has 0 unspecified atom stereocenters. The van der Waals surface area contributed by atoms with Crippen LogP contribution in [0.4, 0.5) is 5.69 Å². The van der Waals surface area contributed by atoms with Crippen LogP contribution in [0.15, 0.2) is 24.3 Å². The number of esters is 1. The van der Waals surface area contributed by atoms with Crippen molar-refractivity contribution in [2.45, 2.75) is 6.42 Å². The summed E-state index contributed by atoms with van der Waals surface area (Å²) in [5.41, 5.74) is 1.89. The molecule has 0 aromatic heterocycles. The monoisotopic (exact) mass is 218 g/mol. The van der Waals surface area contributed by atoms with E-state index in [9.17, 15) is 4.79 Å². The van der Waals surface area contributed by atoms with Crippen molar-refractivity contribution < 1.29 is 9.53 Å². The largest absolute Gasteiger partial charge is 0.468 e. The second kappa shape index (κ2) is 5.76. The van der Waals surface area contributed by atoms with Gasteiger partial charge in [-0.15, -0.1) is 0 Å². The Kier molecular flexibility index (Phi) is 4.34. The maximum Gasteiger partial charge on any atom is 0.325 e. The Balaban J connectivity index is 2.66. The lowest BCUT2D eigenvalue weighted by Gasteiger charge is -2.17. The molecule has 4 heteroatoms. The van der Waals surface area contributed by atoms with E-state index in [0.29, 0.717) is 6.42 Å². The van der Waals surface area contributed by atoms with Crippen molar-refractivity contribution in [3.8, 4) is 6.07 Å². The van der Waals surface area contributed by atoms with Crippen LogP contribution >= 0.6 is 0 Å². The summed E-state index contributed by atoms with van der Waals surface area (Å²) in [6.45, 7) is 0.216. The number of benzene rings is 1. The number of carbonyl (C=O) groups excluding carboxylic acids is 1. The van der Waals surface area contributed by atoms with Crippen LogP contribution in [-0.2, 0) is 16.0 Å². The molecule has 1 rings (SSSR count). The van der Waals surface area contributed by atoms with Gasteiger partial charge in [0.25, 0.3) is 0 Å². The minimum Gasteiger partial charge on any atom is -0.468 e. The standard InChI is InChI=1S/C12H14N2O2/c1-14(9-12(15)16-2)11-5-3-10(4-6-11)7-8-13/h3-6H,7,9H2,1-2H3. The number of rotatable bonds is 4. The van der Waals surface area contributed by atoms with Gasteiger partial charge in [-0.05, 0) is 17.7 Å². The minimum atomic E-state index is -0.274. The van der Waals surface area contributed by atoms with Crippen LogP contribution in [0.25, 0.3) is 0 Å². The minimum absolute atomic E-state index is 0.216. The molecule has 0 fully saturated rings. The fourth-order valence-electron chi connectivity index (χ4n) is 1.31. The first-order chi connectivity index (χ1) is 7.67. The number of nitrogens with zero attached hydrogens (tertiary/aromatic N) is 2. The first kappa shape index (κ1) is 12.1. The molecule has 0 aliphatic rings. The molecule has 0 saturated heterocycles. The highest BCUT2D eigenvalue weighted by Gasteiger charge is 2.06. The summed E-state index contributed by atoms with van der Waals surface area (Å²) in [7, 11) is 3.18. The van der Waals surface area contributed by atoms with E-state index in [1.54, 1.807) is 4.90 Å². The number of likely N-dealkylation sites (N-methyl/N-ethyl adjacent to an activating group) is 1. The van der Waals surface area contributed by atoms with E-state index in [4.69, 9.17) is 5.26 Å². The number of anilines is 1. The van der Waals surface area contributed by atoms with Gasteiger partial charge in [-0.2, -0.15) is 5.26 Å². The molecule has 0 heterocycles. The predicted octanol–water partition coefficient (Wildman–Crippen LogP) is 1.36. The van der Waals surface area contributed by atoms with Gasteiger partial charge >= 0.3 is 5.97 Å². The van der Waals surface area contributed by atoms with Crippen molar-refractivity contribution in [3.63, 3.8) is 0 Å². The van der Waals surface area contributed by atoms with Crippen LogP contribution in [0.1, 0.15) is 5.56 Å². The third-order valence-corrected chi connectivity index (χ3v) is 2.25. The Morgan fingerprint density at radius 1 is 1.44 bits per heavy atom. The molecule has 0 aliphatic heterocycles. The second-order valence-electron chi connectivity index (χ2n) is 3.43. The summed E-state index contributed by atoms with van der Waals surface area (Å²) in [6, 6.07) is 9.62. The quantitative estimate of drug-likeness (QED) is 0.716. The average molecular weight is 218 g/mol. The van der Waals surface area contributed by atoms with Crippen LogP contribution in [0, 0.1) is 11.3 Å². The summed E-state index contributed by atoms with van der Waals surface area (Å²) >= 11 is 0. The Morgan fingerprint density at radius 2 is 2.06 bits per heavy atom. The summed E-state index contributed by atoms with van der Waals surface area (Å²) < 4.78 is 4.58. The van der Waals surface area contributed by atoms with Crippen molar-refractivity contribution >= 4 is 11.7 Å². The van der Waals surface area contributed by atoms with E-state index in [1.807, 2.05) is 31.3 Å². The second-order valence-corrected chi connectivity index (χ2v) is 3.43. The van der Waals surface area contributed by atoms with Gasteiger partial charge in [0.1, 0.15) is 6.54 Å². The molecular weight excluding hydrogens is 204 g/mol. The van der Waals surface area contributed by atoms with Crippen LogP contribution in [-0.4, -0.2) is 26.7 Å². The van der Waals surface area contributed by atoms with Gasteiger partial charge in [0.2, 0.25) is 0 Å². The summed E-state index contributed by atoms with van der Waals surface area (Å²) in [5.74, 6) is -0.274. The lowest BCUT2D eigenvalue weighted by Crippen LogP contribution is -2.26. The van der Waals surface area contributed by atoms with E-state index in [1.165, 1.54) is 7.11 Å². The third-order valence-electron chi connectivity index (χ3n) is 2.25. The smallest absolute Gasteiger partial charge is 0.325 e. The van der Waals surface area contributed by atoms with Gasteiger partial charge < -0.3 is 9.64 Å². The first-order valence-corrected chi connectivity index (χ1v) is 4.91. The highest BCUT2D eigenvalue weighted by atomic mass is 16.5. The fraction of sp³-hybridized carbons (Fsp3) is 0.333. The number of ether oxygens (including phenoxy) is 1. The zero-order valence-corrected chi connectivity index (χ0v) is 9.43. The summed E-state index contributed by atoms with van der Waals surface area (Å²) in [5, 5.41) is 8.53. The topological polar surface area (TPSA) is 53.3 Å². The highest BCUT2D eigenvalue weighted by Crippen LogP contribution is 2.13. The van der Waals surface area contributed by atoms with Gasteiger partial charge in [0.05, 0.1) is 19.6 Å². The van der Waals surface area contributed by atoms with Gasteiger partial charge in [0, 0.05) is 12.7 Å². The molecule has 1 aromatic rings. The number of methoxy groups -OCH3 is 1. The maximum absolute atomic E-state index is 11.1. The Bertz CT molecular complexity index is 392. The van der Waals surface area contributed by atoms with Gasteiger partial charge in [-0.25, -0.2) is 0 Å². The molecular formula is C12H14N2O2. The number of hydrogen-bond acceptors (Lipinski definition) is 4. The van der Waals surface area contributed by atoms with E-state index < -0.39 is 0 Å². The van der Waals surface area contributed by atoms with Gasteiger partial charge in [0.15, 0.2) is 0 Å². The predicted molar refractivity (Wildman–Crippen MR) is 61.0 cm³/mol. The Morgan fingerprint density at radius 3 is 2.56 bits per heavy atom. The highest BCUT2D eigenvalue weighted by molar-refractivity contribution is 5.75. The molecule has 0 N–H and O–H groups in total. The molecule has 0 bridgehead atoms. The van der Waals surface area contributed by atoms with E-state index >= 15 is 0 Å². The number of hydrogen-bond donors (Lipinski definition) is 0. The van der Waals surface area contributed by atoms with Crippen molar-refractivity contribution in [2.24, 2.45) is 0 Å². The molecule has 1 aromatic carbocycles. The van der Waals surface area contributed by atoms with Crippen molar-refractivity contribution in [1.82, 2.24) is 0 Å². The van der Waals surface area contributed by atoms with Crippen LogP contribution in [0.2, 0.25) is 0 Å². The molecule has 0 aliphatic carbocycles. The van der Waals surface area contributed by atoms with Gasteiger partial charge in [-0.3, -0.25) is 4.79 Å². The lowest BCUT2D eigenvalue weighted by atomic mass is 10.1. The van der Waals surface area contributed by atoms with Crippen LogP contribution in [0.3, 0.4) is 0 Å². The number of carbonyl (C=O) groups is 1. The summed E-state index contributed by atoms with van der Waals surface area (Å²) in [4.78, 5) is 12.9. The van der Waals surface area contributed by atoms with Crippen LogP contribution < -0.4 is 4.90 Å². The van der Waals surface area contributed by atoms with Crippen molar-refractivity contribution in [3.05, 3.63) is 29.8 Å². The molecule has 84 valence electrons. The van der Waals surface area contributed by atoms with E-state index in [-0.39, 0.29) is 12.5 Å². The Labute approximate surface area is 95.0 Å². The van der Waals surface area contributed by atoms with Crippen molar-refractivity contribution in [2.75, 3.05) is 25.6 Å². The molecule has 16 heavy (non-hydrogen) atoms. The molecule has 0 atom stereocenters. The van der Waals surface area contributed by atoms with E-state index in [0.717, 1.165) is 11.3 Å². The molecule has 0 spiro atoms. The van der Waals surface area contributed by atoms with Gasteiger partial charge in [-0.1, -0.05) is 12.1 Å². The lowest BCUT2D eigenvalue weighted by molar-refractivity contribution is -0.138. The Hall–Kier alpha value is -2.02. The molecule has 4 nitrogen and oxygen atoms in total. The first-order valence-electron chi connectivity index (χ1n) is 4.91. The fourth-order valence-corrected chi connectivity index (χ4v) is 1.31. The van der Waals surface area contributed by atoms with Crippen LogP contribution in [0.5, 0.6) is 0 Å². The third kappa shape index (κ3) is 3.28. The zero-order chi connectivity index (χ0) is 12.0. The zero-order valence-electron chi connectivity index (χ0n) is 9.43. The SMILES string of the molecule is COC(=O)CN(C)c1ccc(CC#N)cc1. The normalized spacial score (nSPS) is 9.31. The molecule has 0 radical (unpaired) electrons. The maximum atomic E-state index is 11.1. The average Bonchev–Trinajstić information content (AvgIpc) is 2.30. The van der Waals surface area contributed by atoms with Crippen molar-refractivity contribution in [1.29, 1.82) is 5.26 Å². The summed E-state index contributed by atoms with van der Waals surface area (Å²) in [6.07, 6.45) is 0.404. The molecule has 0 amide bonds. The molecule has 0 saturated carbocycles.